The summed E-state index contributed by atoms with van der Waals surface area (Å²) < 4.78 is 13.0. The summed E-state index contributed by atoms with van der Waals surface area (Å²) in [6.07, 6.45) is 2.06. The quantitative estimate of drug-likeness (QED) is 0.743. The van der Waals surface area contributed by atoms with Gasteiger partial charge in [-0.2, -0.15) is 0 Å². The predicted molar refractivity (Wildman–Crippen MR) is 115 cm³/mol. The van der Waals surface area contributed by atoms with E-state index in [1.54, 1.807) is 12.1 Å². The molecule has 2 heterocycles. The molecule has 0 aromatic heterocycles. The van der Waals surface area contributed by atoms with Gasteiger partial charge in [0.15, 0.2) is 0 Å². The van der Waals surface area contributed by atoms with E-state index >= 15 is 0 Å². The average molecular weight is 419 g/mol. The van der Waals surface area contributed by atoms with E-state index in [2.05, 4.69) is 48.3 Å². The van der Waals surface area contributed by atoms with Crippen LogP contribution in [0, 0.1) is 11.2 Å². The molecule has 3 unspecified atom stereocenters. The minimum absolute atomic E-state index is 0.0272. The van der Waals surface area contributed by atoms with Crippen molar-refractivity contribution in [3.05, 3.63) is 35.6 Å². The molecule has 0 spiro atoms. The van der Waals surface area contributed by atoms with Gasteiger partial charge in [0.1, 0.15) is 11.9 Å². The molecule has 0 bridgehead atoms. The van der Waals surface area contributed by atoms with Crippen molar-refractivity contribution in [2.75, 3.05) is 26.7 Å². The fourth-order valence-corrected chi connectivity index (χ4v) is 4.62. The van der Waals surface area contributed by atoms with Gasteiger partial charge in [-0.1, -0.05) is 32.9 Å². The van der Waals surface area contributed by atoms with Gasteiger partial charge < -0.3 is 10.6 Å². The molecule has 2 aliphatic rings. The van der Waals surface area contributed by atoms with Crippen molar-refractivity contribution in [1.82, 2.24) is 20.4 Å². The van der Waals surface area contributed by atoms with Gasteiger partial charge in [0.2, 0.25) is 11.8 Å². The Kier molecular flexibility index (Phi) is 7.14. The van der Waals surface area contributed by atoms with Gasteiger partial charge in [-0.3, -0.25) is 19.4 Å². The van der Waals surface area contributed by atoms with Gasteiger partial charge in [-0.25, -0.2) is 4.39 Å². The van der Waals surface area contributed by atoms with Crippen LogP contribution in [0.15, 0.2) is 24.3 Å². The van der Waals surface area contributed by atoms with Crippen molar-refractivity contribution in [3.63, 3.8) is 0 Å². The van der Waals surface area contributed by atoms with Crippen molar-refractivity contribution in [2.45, 2.75) is 64.7 Å². The third-order valence-corrected chi connectivity index (χ3v) is 6.13. The van der Waals surface area contributed by atoms with Crippen molar-refractivity contribution < 1.29 is 14.0 Å². The molecule has 0 radical (unpaired) electrons. The number of nitrogens with one attached hydrogen (secondary N) is 2. The number of benzene rings is 1. The van der Waals surface area contributed by atoms with E-state index in [0.717, 1.165) is 25.1 Å². The largest absolute Gasteiger partial charge is 0.353 e. The van der Waals surface area contributed by atoms with Crippen LogP contribution in [0.2, 0.25) is 0 Å². The Morgan fingerprint density at radius 1 is 1.27 bits per heavy atom. The normalized spacial score (nSPS) is 25.5. The van der Waals surface area contributed by atoms with Crippen LogP contribution in [-0.2, 0) is 16.1 Å². The third-order valence-electron chi connectivity index (χ3n) is 6.13. The summed E-state index contributed by atoms with van der Waals surface area (Å²) in [6.45, 7) is 9.38. The minimum atomic E-state index is -0.283. The molecule has 2 aliphatic heterocycles. The lowest BCUT2D eigenvalue weighted by Gasteiger charge is -2.34. The van der Waals surface area contributed by atoms with Gasteiger partial charge in [-0.05, 0) is 43.0 Å². The monoisotopic (exact) mass is 418 g/mol. The lowest BCUT2D eigenvalue weighted by Crippen LogP contribution is -2.51. The number of nitrogens with zero attached hydrogens (tertiary/aromatic N) is 2. The topological polar surface area (TPSA) is 64.7 Å². The fourth-order valence-electron chi connectivity index (χ4n) is 4.62. The Balaban J connectivity index is 1.53. The van der Waals surface area contributed by atoms with E-state index < -0.39 is 0 Å². The number of halogens is 1. The summed E-state index contributed by atoms with van der Waals surface area (Å²) in [4.78, 5) is 29.8. The number of amides is 2. The van der Waals surface area contributed by atoms with Crippen LogP contribution in [0.4, 0.5) is 4.39 Å². The highest BCUT2D eigenvalue weighted by Crippen LogP contribution is 2.30. The maximum Gasteiger partial charge on any atom is 0.239 e. The van der Waals surface area contributed by atoms with Gasteiger partial charge >= 0.3 is 0 Å². The summed E-state index contributed by atoms with van der Waals surface area (Å²) in [5, 5.41) is 6.01. The first-order valence-electron chi connectivity index (χ1n) is 10.9. The molecule has 2 saturated heterocycles. The molecule has 0 saturated carbocycles. The highest BCUT2D eigenvalue weighted by molar-refractivity contribution is 5.83. The third kappa shape index (κ3) is 5.79. The molecule has 1 aromatic carbocycles. The summed E-state index contributed by atoms with van der Waals surface area (Å²) >= 11 is 0. The van der Waals surface area contributed by atoms with Crippen LogP contribution in [0.5, 0.6) is 0 Å². The van der Waals surface area contributed by atoms with Crippen LogP contribution >= 0.6 is 0 Å². The Bertz CT molecular complexity index is 747. The number of rotatable bonds is 6. The zero-order valence-electron chi connectivity index (χ0n) is 18.6. The van der Waals surface area contributed by atoms with Crippen LogP contribution < -0.4 is 10.6 Å². The maximum absolute atomic E-state index is 13.0. The van der Waals surface area contributed by atoms with Crippen molar-refractivity contribution in [3.8, 4) is 0 Å². The molecule has 2 amide bonds. The standard InChI is InChI=1S/C23H35FN4O2/c1-23(2,3)15-28-12-11-19-21(28)22(30)26-14-18(27(19)4)9-10-20(29)25-13-16-5-7-17(24)8-6-16/h5-8,18-19,21H,9-15H2,1-4H3,(H,25,29)(H,26,30). The van der Waals surface area contributed by atoms with Crippen molar-refractivity contribution >= 4 is 11.8 Å². The van der Waals surface area contributed by atoms with Crippen LogP contribution in [0.25, 0.3) is 0 Å². The first kappa shape index (κ1) is 22.7. The summed E-state index contributed by atoms with van der Waals surface area (Å²) in [5.41, 5.74) is 1.01. The Labute approximate surface area is 179 Å². The molecule has 2 N–H and O–H groups in total. The summed E-state index contributed by atoms with van der Waals surface area (Å²) in [6, 6.07) is 6.34. The predicted octanol–water partition coefficient (Wildman–Crippen LogP) is 2.14. The first-order valence-corrected chi connectivity index (χ1v) is 10.9. The van der Waals surface area contributed by atoms with Crippen LogP contribution in [0.1, 0.15) is 45.6 Å². The van der Waals surface area contributed by atoms with E-state index in [4.69, 9.17) is 0 Å². The molecule has 30 heavy (non-hydrogen) atoms. The molecule has 3 rings (SSSR count). The second-order valence-corrected chi connectivity index (χ2v) is 9.84. The van der Waals surface area contributed by atoms with Gasteiger partial charge in [0, 0.05) is 44.7 Å². The zero-order chi connectivity index (χ0) is 21.9. The second kappa shape index (κ2) is 9.43. The van der Waals surface area contributed by atoms with Gasteiger partial charge in [0.05, 0.1) is 0 Å². The SMILES string of the molecule is CN1C(CCC(=O)NCc2ccc(F)cc2)CNC(=O)C2C1CCN2CC(C)(C)C. The van der Waals surface area contributed by atoms with E-state index in [1.165, 1.54) is 12.1 Å². The second-order valence-electron chi connectivity index (χ2n) is 9.84. The summed E-state index contributed by atoms with van der Waals surface area (Å²) in [7, 11) is 2.08. The Morgan fingerprint density at radius 2 is 1.97 bits per heavy atom. The average Bonchev–Trinajstić information content (AvgIpc) is 3.03. The number of hydrogen-bond donors (Lipinski definition) is 2. The summed E-state index contributed by atoms with van der Waals surface area (Å²) in [5.74, 6) is -0.202. The van der Waals surface area contributed by atoms with E-state index in [-0.39, 0.29) is 41.2 Å². The molecule has 2 fully saturated rings. The highest BCUT2D eigenvalue weighted by atomic mass is 19.1. The first-order chi connectivity index (χ1) is 14.1. The van der Waals surface area contributed by atoms with E-state index in [9.17, 15) is 14.0 Å². The number of carbonyl (C=O) groups excluding carboxylic acids is 2. The molecular formula is C23H35FN4O2. The van der Waals surface area contributed by atoms with Crippen LogP contribution in [0.3, 0.4) is 0 Å². The Hall–Kier alpha value is -1.99. The lowest BCUT2D eigenvalue weighted by atomic mass is 9.95. The molecule has 0 aliphatic carbocycles. The smallest absolute Gasteiger partial charge is 0.239 e. The molecule has 7 heteroatoms. The number of likely N-dealkylation sites (N-methyl/N-ethyl adjacent to an activating group) is 1. The van der Waals surface area contributed by atoms with Crippen LogP contribution in [-0.4, -0.2) is 66.4 Å². The number of fused-ring (bicyclic) bond motifs is 1. The molecule has 3 atom stereocenters. The van der Waals surface area contributed by atoms with E-state index in [0.29, 0.717) is 25.9 Å². The zero-order valence-corrected chi connectivity index (χ0v) is 18.6. The lowest BCUT2D eigenvalue weighted by molar-refractivity contribution is -0.126. The minimum Gasteiger partial charge on any atom is -0.353 e. The number of likely N-dealkylation sites (tertiary alicyclic amines) is 1. The van der Waals surface area contributed by atoms with Crippen molar-refractivity contribution in [2.24, 2.45) is 5.41 Å². The maximum atomic E-state index is 13.0. The molecule has 1 aromatic rings. The highest BCUT2D eigenvalue weighted by Gasteiger charge is 2.45. The molecular weight excluding hydrogens is 383 g/mol. The molecule has 6 nitrogen and oxygen atoms in total. The molecule has 166 valence electrons. The van der Waals surface area contributed by atoms with Gasteiger partial charge in [0.25, 0.3) is 0 Å². The van der Waals surface area contributed by atoms with Crippen molar-refractivity contribution in [1.29, 1.82) is 0 Å². The fraction of sp³-hybridized carbons (Fsp3) is 0.652. The number of carbonyl (C=O) groups is 2. The number of hydrogen-bond acceptors (Lipinski definition) is 4. The van der Waals surface area contributed by atoms with E-state index in [1.807, 2.05) is 0 Å². The van der Waals surface area contributed by atoms with Gasteiger partial charge in [-0.15, -0.1) is 0 Å². The Morgan fingerprint density at radius 3 is 2.63 bits per heavy atom.